The van der Waals surface area contributed by atoms with Gasteiger partial charge in [0, 0.05) is 17.5 Å². The molecule has 0 aliphatic carbocycles. The lowest BCUT2D eigenvalue weighted by Crippen LogP contribution is -2.34. The third-order valence-corrected chi connectivity index (χ3v) is 6.22. The number of carbonyl (C=O) groups is 2. The number of carbonyl (C=O) groups excluding carboxylic acids is 2. The van der Waals surface area contributed by atoms with Gasteiger partial charge in [0.2, 0.25) is 5.91 Å². The van der Waals surface area contributed by atoms with Gasteiger partial charge < -0.3 is 10.2 Å². The third kappa shape index (κ3) is 5.26. The van der Waals surface area contributed by atoms with Gasteiger partial charge in [-0.3, -0.25) is 9.59 Å². The number of rotatable bonds is 6. The quantitative estimate of drug-likeness (QED) is 0.541. The van der Waals surface area contributed by atoms with Crippen molar-refractivity contribution in [3.8, 4) is 0 Å². The second-order valence-corrected chi connectivity index (χ2v) is 8.71. The molecule has 0 saturated heterocycles. The Morgan fingerprint density at radius 1 is 1.03 bits per heavy atom. The predicted molar refractivity (Wildman–Crippen MR) is 126 cm³/mol. The molecule has 0 spiro atoms. The van der Waals surface area contributed by atoms with Crippen LogP contribution in [-0.4, -0.2) is 18.4 Å². The lowest BCUT2D eigenvalue weighted by molar-refractivity contribution is -0.118. The summed E-state index contributed by atoms with van der Waals surface area (Å²) in [6.45, 7) is 2.82. The fourth-order valence-electron chi connectivity index (χ4n) is 3.56. The summed E-state index contributed by atoms with van der Waals surface area (Å²) >= 11 is 1.29. The number of amides is 2. The number of fused-ring (bicyclic) bond motifs is 1. The van der Waals surface area contributed by atoms with Crippen molar-refractivity contribution in [2.45, 2.75) is 24.8 Å². The molecule has 162 valence electrons. The first kappa shape index (κ1) is 21.8. The Kier molecular flexibility index (Phi) is 6.71. The van der Waals surface area contributed by atoms with E-state index >= 15 is 0 Å². The number of aryl methyl sites for hydroxylation is 1. The van der Waals surface area contributed by atoms with Crippen LogP contribution < -0.4 is 10.2 Å². The normalized spacial score (nSPS) is 14.4. The molecule has 1 aliphatic heterocycles. The molecule has 2 amide bonds. The van der Waals surface area contributed by atoms with E-state index in [4.69, 9.17) is 0 Å². The van der Waals surface area contributed by atoms with E-state index in [1.165, 1.54) is 35.5 Å². The molecule has 4 rings (SSSR count). The van der Waals surface area contributed by atoms with Gasteiger partial charge in [0.15, 0.2) is 0 Å². The van der Waals surface area contributed by atoms with Gasteiger partial charge in [0.05, 0.1) is 17.1 Å². The number of anilines is 1. The third-order valence-electron chi connectivity index (χ3n) is 5.14. The highest BCUT2D eigenvalue weighted by Gasteiger charge is 2.29. The molecular formula is C26H23FN2O2S. The van der Waals surface area contributed by atoms with Gasteiger partial charge >= 0.3 is 0 Å². The van der Waals surface area contributed by atoms with Crippen LogP contribution in [0.4, 0.5) is 10.1 Å². The molecule has 0 saturated carbocycles. The fraction of sp³-hybridized carbons (Fsp3) is 0.154. The van der Waals surface area contributed by atoms with Crippen LogP contribution in [-0.2, 0) is 22.6 Å². The van der Waals surface area contributed by atoms with Crippen LogP contribution in [0.25, 0.3) is 0 Å². The largest absolute Gasteiger partial charge is 0.352 e. The van der Waals surface area contributed by atoms with Crippen molar-refractivity contribution in [3.63, 3.8) is 0 Å². The highest BCUT2D eigenvalue weighted by atomic mass is 32.2. The highest BCUT2D eigenvalue weighted by Crippen LogP contribution is 2.41. The Balaban J connectivity index is 1.48. The SMILES string of the molecule is Cc1cccc(CCNC(=O)/C=C2\Sc3ccccc3N(Cc3ccc(F)cc3)C2=O)c1. The average Bonchev–Trinajstić information content (AvgIpc) is 2.78. The minimum atomic E-state index is -0.322. The zero-order chi connectivity index (χ0) is 22.5. The smallest absolute Gasteiger partial charge is 0.265 e. The topological polar surface area (TPSA) is 49.4 Å². The van der Waals surface area contributed by atoms with Crippen molar-refractivity contribution in [1.29, 1.82) is 0 Å². The molecule has 0 fully saturated rings. The molecule has 6 heteroatoms. The van der Waals surface area contributed by atoms with E-state index in [2.05, 4.69) is 11.4 Å². The minimum absolute atomic E-state index is 0.244. The molecule has 1 heterocycles. The van der Waals surface area contributed by atoms with Crippen molar-refractivity contribution in [2.75, 3.05) is 11.4 Å². The maximum Gasteiger partial charge on any atom is 0.265 e. The molecule has 0 atom stereocenters. The summed E-state index contributed by atoms with van der Waals surface area (Å²) in [6.07, 6.45) is 2.09. The van der Waals surface area contributed by atoms with Crippen LogP contribution in [0, 0.1) is 12.7 Å². The molecule has 1 aliphatic rings. The van der Waals surface area contributed by atoms with Crippen molar-refractivity contribution in [3.05, 3.63) is 106 Å². The summed E-state index contributed by atoms with van der Waals surface area (Å²) in [6, 6.07) is 21.8. The van der Waals surface area contributed by atoms with Crippen molar-refractivity contribution >= 4 is 29.3 Å². The molecular weight excluding hydrogens is 423 g/mol. The number of thioether (sulfide) groups is 1. The molecule has 3 aromatic carbocycles. The number of hydrogen-bond acceptors (Lipinski definition) is 3. The van der Waals surface area contributed by atoms with Gasteiger partial charge in [0.1, 0.15) is 5.82 Å². The fourth-order valence-corrected chi connectivity index (χ4v) is 4.59. The molecule has 4 nitrogen and oxygen atoms in total. The molecule has 0 radical (unpaired) electrons. The summed E-state index contributed by atoms with van der Waals surface area (Å²) in [5.41, 5.74) is 3.92. The number of para-hydroxylation sites is 1. The second-order valence-electron chi connectivity index (χ2n) is 7.63. The van der Waals surface area contributed by atoms with Crippen LogP contribution in [0.15, 0.2) is 88.7 Å². The van der Waals surface area contributed by atoms with E-state index in [9.17, 15) is 14.0 Å². The van der Waals surface area contributed by atoms with E-state index < -0.39 is 0 Å². The Morgan fingerprint density at radius 3 is 2.59 bits per heavy atom. The molecule has 3 aromatic rings. The Morgan fingerprint density at radius 2 is 1.81 bits per heavy atom. The van der Waals surface area contributed by atoms with E-state index in [0.29, 0.717) is 18.0 Å². The summed E-state index contributed by atoms with van der Waals surface area (Å²) < 4.78 is 13.3. The number of benzene rings is 3. The van der Waals surface area contributed by atoms with Gasteiger partial charge in [-0.05, 0) is 48.7 Å². The Labute approximate surface area is 191 Å². The van der Waals surface area contributed by atoms with Crippen LogP contribution in [0.3, 0.4) is 0 Å². The maximum absolute atomic E-state index is 13.3. The predicted octanol–water partition coefficient (Wildman–Crippen LogP) is 5.02. The van der Waals surface area contributed by atoms with Crippen LogP contribution in [0.2, 0.25) is 0 Å². The monoisotopic (exact) mass is 446 g/mol. The summed E-state index contributed by atoms with van der Waals surface area (Å²) in [7, 11) is 0. The minimum Gasteiger partial charge on any atom is -0.352 e. The summed E-state index contributed by atoms with van der Waals surface area (Å²) in [4.78, 5) is 28.6. The van der Waals surface area contributed by atoms with E-state index in [1.807, 2.05) is 49.4 Å². The van der Waals surface area contributed by atoms with Gasteiger partial charge in [-0.2, -0.15) is 0 Å². The lowest BCUT2D eigenvalue weighted by atomic mass is 10.1. The summed E-state index contributed by atoms with van der Waals surface area (Å²) in [5, 5.41) is 2.87. The average molecular weight is 447 g/mol. The highest BCUT2D eigenvalue weighted by molar-refractivity contribution is 8.04. The number of nitrogens with zero attached hydrogens (tertiary/aromatic N) is 1. The van der Waals surface area contributed by atoms with Gasteiger partial charge in [-0.25, -0.2) is 4.39 Å². The Hall–Kier alpha value is -3.38. The zero-order valence-electron chi connectivity index (χ0n) is 17.7. The van der Waals surface area contributed by atoms with Gasteiger partial charge in [0.25, 0.3) is 5.91 Å². The van der Waals surface area contributed by atoms with E-state index in [0.717, 1.165) is 28.1 Å². The van der Waals surface area contributed by atoms with Gasteiger partial charge in [-0.15, -0.1) is 0 Å². The molecule has 32 heavy (non-hydrogen) atoms. The van der Waals surface area contributed by atoms with E-state index in [1.54, 1.807) is 17.0 Å². The molecule has 1 N–H and O–H groups in total. The van der Waals surface area contributed by atoms with Crippen LogP contribution in [0.1, 0.15) is 16.7 Å². The second kappa shape index (κ2) is 9.83. The van der Waals surface area contributed by atoms with E-state index in [-0.39, 0.29) is 17.6 Å². The van der Waals surface area contributed by atoms with Crippen LogP contribution in [0.5, 0.6) is 0 Å². The Bertz CT molecular complexity index is 1170. The van der Waals surface area contributed by atoms with Crippen molar-refractivity contribution in [1.82, 2.24) is 5.32 Å². The standard InChI is InChI=1S/C26H23FN2O2S/c1-18-5-4-6-19(15-18)13-14-28-25(30)16-24-26(31)29(17-20-9-11-21(27)12-10-20)22-7-2-3-8-23(22)32-24/h2-12,15-16H,13-14,17H2,1H3,(H,28,30)/b24-16-. The first-order chi connectivity index (χ1) is 15.5. The number of hydrogen-bond donors (Lipinski definition) is 1. The summed E-state index contributed by atoms with van der Waals surface area (Å²) in [5.74, 6) is -0.862. The first-order valence-corrected chi connectivity index (χ1v) is 11.2. The molecule has 0 unspecified atom stereocenters. The molecule has 0 bridgehead atoms. The lowest BCUT2D eigenvalue weighted by Gasteiger charge is -2.30. The number of nitrogens with one attached hydrogen (secondary N) is 1. The van der Waals surface area contributed by atoms with Crippen LogP contribution >= 0.6 is 11.8 Å². The maximum atomic E-state index is 13.3. The van der Waals surface area contributed by atoms with Gasteiger partial charge in [-0.1, -0.05) is 65.9 Å². The zero-order valence-corrected chi connectivity index (χ0v) is 18.5. The number of halogens is 1. The first-order valence-electron chi connectivity index (χ1n) is 10.4. The molecule has 0 aromatic heterocycles. The van der Waals surface area contributed by atoms with Crippen molar-refractivity contribution in [2.24, 2.45) is 0 Å². The van der Waals surface area contributed by atoms with Crippen molar-refractivity contribution < 1.29 is 14.0 Å².